The van der Waals surface area contributed by atoms with Crippen molar-refractivity contribution in [3.63, 3.8) is 0 Å². The van der Waals surface area contributed by atoms with Crippen LogP contribution in [-0.4, -0.2) is 18.5 Å². The van der Waals surface area contributed by atoms with Crippen LogP contribution in [-0.2, 0) is 0 Å². The number of nitrogens with one attached hydrogen (secondary N) is 2. The van der Waals surface area contributed by atoms with Gasteiger partial charge in [-0.1, -0.05) is 33.1 Å². The van der Waals surface area contributed by atoms with Gasteiger partial charge in [0.1, 0.15) is 0 Å². The van der Waals surface area contributed by atoms with Crippen molar-refractivity contribution in [1.29, 1.82) is 0 Å². The van der Waals surface area contributed by atoms with Gasteiger partial charge in [-0.25, -0.2) is 5.84 Å². The summed E-state index contributed by atoms with van der Waals surface area (Å²) in [6.07, 6.45) is 6.28. The summed E-state index contributed by atoms with van der Waals surface area (Å²) < 4.78 is 0. The van der Waals surface area contributed by atoms with Crippen LogP contribution in [0.1, 0.15) is 46.0 Å². The molecule has 15 heavy (non-hydrogen) atoms. The minimum atomic E-state index is 0.566. The third-order valence-corrected chi connectivity index (χ3v) is 3.09. The lowest BCUT2D eigenvalue weighted by Crippen LogP contribution is -2.45. The number of guanidine groups is 1. The first kappa shape index (κ1) is 12.3. The topological polar surface area (TPSA) is 62.4 Å². The van der Waals surface area contributed by atoms with Crippen LogP contribution in [0, 0.1) is 5.92 Å². The smallest absolute Gasteiger partial charge is 0.205 e. The zero-order valence-electron chi connectivity index (χ0n) is 9.92. The molecule has 88 valence electrons. The van der Waals surface area contributed by atoms with E-state index in [1.165, 1.54) is 25.7 Å². The Hall–Kier alpha value is -0.770. The maximum absolute atomic E-state index is 5.44. The number of hydrogen-bond acceptors (Lipinski definition) is 2. The van der Waals surface area contributed by atoms with E-state index in [0.717, 1.165) is 18.9 Å². The SMILES string of the molecule is CCC(C)CN=C(NN)NC1CCCC1. The maximum atomic E-state index is 5.44. The van der Waals surface area contributed by atoms with E-state index < -0.39 is 0 Å². The van der Waals surface area contributed by atoms with Crippen LogP contribution < -0.4 is 16.6 Å². The fourth-order valence-electron chi connectivity index (χ4n) is 1.77. The van der Waals surface area contributed by atoms with Crippen molar-refractivity contribution in [3.8, 4) is 0 Å². The molecule has 1 fully saturated rings. The maximum Gasteiger partial charge on any atom is 0.205 e. The number of nitrogens with zero attached hydrogens (tertiary/aromatic N) is 1. The Labute approximate surface area is 92.7 Å². The molecule has 0 saturated heterocycles. The van der Waals surface area contributed by atoms with E-state index in [4.69, 9.17) is 5.84 Å². The molecular weight excluding hydrogens is 188 g/mol. The molecule has 1 atom stereocenters. The first-order valence-corrected chi connectivity index (χ1v) is 6.03. The standard InChI is InChI=1S/C11H24N4/c1-3-9(2)8-13-11(15-12)14-10-6-4-5-7-10/h9-10H,3-8,12H2,1-2H3,(H2,13,14,15). The molecule has 0 heterocycles. The van der Waals surface area contributed by atoms with Crippen LogP contribution in [0.3, 0.4) is 0 Å². The molecule has 0 spiro atoms. The second-order valence-corrected chi connectivity index (χ2v) is 4.47. The zero-order valence-corrected chi connectivity index (χ0v) is 9.92. The summed E-state index contributed by atoms with van der Waals surface area (Å²) in [5.74, 6) is 6.81. The van der Waals surface area contributed by atoms with Crippen molar-refractivity contribution in [1.82, 2.24) is 10.7 Å². The summed E-state index contributed by atoms with van der Waals surface area (Å²) in [6.45, 7) is 5.23. The highest BCUT2D eigenvalue weighted by Crippen LogP contribution is 2.17. The fourth-order valence-corrected chi connectivity index (χ4v) is 1.77. The van der Waals surface area contributed by atoms with E-state index in [2.05, 4.69) is 29.6 Å². The molecule has 0 bridgehead atoms. The van der Waals surface area contributed by atoms with Crippen LogP contribution in [0.25, 0.3) is 0 Å². The highest BCUT2D eigenvalue weighted by Gasteiger charge is 2.15. The highest BCUT2D eigenvalue weighted by atomic mass is 15.3. The van der Waals surface area contributed by atoms with Crippen molar-refractivity contribution in [3.05, 3.63) is 0 Å². The third kappa shape index (κ3) is 4.51. The molecule has 1 rings (SSSR count). The Morgan fingerprint density at radius 3 is 2.67 bits per heavy atom. The van der Waals surface area contributed by atoms with E-state index >= 15 is 0 Å². The van der Waals surface area contributed by atoms with Gasteiger partial charge in [0.15, 0.2) is 0 Å². The second-order valence-electron chi connectivity index (χ2n) is 4.47. The number of rotatable bonds is 4. The molecule has 1 unspecified atom stereocenters. The Morgan fingerprint density at radius 1 is 1.47 bits per heavy atom. The zero-order chi connectivity index (χ0) is 11.1. The molecule has 0 aliphatic heterocycles. The molecule has 0 aromatic carbocycles. The Kier molecular flexibility index (Phi) is 5.47. The van der Waals surface area contributed by atoms with E-state index in [-0.39, 0.29) is 0 Å². The Morgan fingerprint density at radius 2 is 2.13 bits per heavy atom. The molecule has 0 aromatic heterocycles. The minimum absolute atomic E-state index is 0.566. The monoisotopic (exact) mass is 212 g/mol. The number of nitrogens with two attached hydrogens (primary N) is 1. The van der Waals surface area contributed by atoms with Gasteiger partial charge in [-0.2, -0.15) is 0 Å². The van der Waals surface area contributed by atoms with Gasteiger partial charge in [-0.15, -0.1) is 0 Å². The summed E-state index contributed by atoms with van der Waals surface area (Å²) in [7, 11) is 0. The third-order valence-electron chi connectivity index (χ3n) is 3.09. The van der Waals surface area contributed by atoms with Gasteiger partial charge < -0.3 is 5.32 Å². The van der Waals surface area contributed by atoms with Crippen molar-refractivity contribution in [2.24, 2.45) is 16.8 Å². The van der Waals surface area contributed by atoms with Crippen LogP contribution in [0.2, 0.25) is 0 Å². The predicted octanol–water partition coefficient (Wildman–Crippen LogP) is 1.38. The second kappa shape index (κ2) is 6.67. The van der Waals surface area contributed by atoms with Crippen LogP contribution in [0.4, 0.5) is 0 Å². The number of aliphatic imine (C=N–C) groups is 1. The van der Waals surface area contributed by atoms with Crippen LogP contribution >= 0.6 is 0 Å². The molecule has 4 N–H and O–H groups in total. The minimum Gasteiger partial charge on any atom is -0.353 e. The van der Waals surface area contributed by atoms with Gasteiger partial charge in [0.2, 0.25) is 5.96 Å². The first-order chi connectivity index (χ1) is 7.26. The lowest BCUT2D eigenvalue weighted by atomic mass is 10.1. The lowest BCUT2D eigenvalue weighted by Gasteiger charge is -2.15. The predicted molar refractivity (Wildman–Crippen MR) is 64.5 cm³/mol. The van der Waals surface area contributed by atoms with E-state index in [1.807, 2.05) is 0 Å². The Bertz CT molecular complexity index is 197. The average Bonchev–Trinajstić information content (AvgIpc) is 2.76. The fraction of sp³-hybridized carbons (Fsp3) is 0.909. The van der Waals surface area contributed by atoms with Gasteiger partial charge in [0.05, 0.1) is 0 Å². The largest absolute Gasteiger partial charge is 0.353 e. The van der Waals surface area contributed by atoms with Crippen LogP contribution in [0.5, 0.6) is 0 Å². The summed E-state index contributed by atoms with van der Waals surface area (Å²) in [6, 6.07) is 0.566. The summed E-state index contributed by atoms with van der Waals surface area (Å²) in [4.78, 5) is 4.45. The summed E-state index contributed by atoms with van der Waals surface area (Å²) in [5, 5.41) is 3.36. The molecule has 0 amide bonds. The molecule has 4 nitrogen and oxygen atoms in total. The number of hydrogen-bond donors (Lipinski definition) is 3. The quantitative estimate of drug-likeness (QED) is 0.285. The van der Waals surface area contributed by atoms with E-state index in [9.17, 15) is 0 Å². The van der Waals surface area contributed by atoms with Gasteiger partial charge in [-0.3, -0.25) is 10.4 Å². The van der Waals surface area contributed by atoms with Gasteiger partial charge in [-0.05, 0) is 18.8 Å². The van der Waals surface area contributed by atoms with Crippen molar-refractivity contribution in [2.45, 2.75) is 52.0 Å². The Balaban J connectivity index is 2.32. The lowest BCUT2D eigenvalue weighted by molar-refractivity contribution is 0.565. The van der Waals surface area contributed by atoms with Crippen LogP contribution in [0.15, 0.2) is 4.99 Å². The van der Waals surface area contributed by atoms with E-state index in [0.29, 0.717) is 12.0 Å². The van der Waals surface area contributed by atoms with Gasteiger partial charge in [0, 0.05) is 12.6 Å². The molecule has 0 aromatic rings. The summed E-state index contributed by atoms with van der Waals surface area (Å²) in [5.41, 5.74) is 2.65. The molecule has 1 saturated carbocycles. The number of hydrazine groups is 1. The molecule has 1 aliphatic carbocycles. The first-order valence-electron chi connectivity index (χ1n) is 6.03. The summed E-state index contributed by atoms with van der Waals surface area (Å²) >= 11 is 0. The van der Waals surface area contributed by atoms with E-state index in [1.54, 1.807) is 0 Å². The molecule has 4 heteroatoms. The molecule has 1 aliphatic rings. The van der Waals surface area contributed by atoms with Crippen molar-refractivity contribution in [2.75, 3.05) is 6.54 Å². The van der Waals surface area contributed by atoms with Gasteiger partial charge >= 0.3 is 0 Å². The van der Waals surface area contributed by atoms with Crippen molar-refractivity contribution < 1.29 is 0 Å². The average molecular weight is 212 g/mol. The normalized spacial score (nSPS) is 20.3. The highest BCUT2D eigenvalue weighted by molar-refractivity contribution is 5.79. The van der Waals surface area contributed by atoms with Gasteiger partial charge in [0.25, 0.3) is 0 Å². The van der Waals surface area contributed by atoms with Crippen molar-refractivity contribution >= 4 is 5.96 Å². The molecular formula is C11H24N4. The molecule has 0 radical (unpaired) electrons.